The van der Waals surface area contributed by atoms with Crippen LogP contribution in [0.2, 0.25) is 0 Å². The van der Waals surface area contributed by atoms with Crippen LogP contribution in [0.3, 0.4) is 0 Å². The maximum absolute atomic E-state index is 5.27. The molecule has 0 aliphatic carbocycles. The van der Waals surface area contributed by atoms with Crippen molar-refractivity contribution >= 4 is 29.2 Å². The molecule has 0 atom stereocenters. The number of hydrogen-bond acceptors (Lipinski definition) is 2. The maximum Gasteiger partial charge on any atom is 0.191 e. The van der Waals surface area contributed by atoms with Gasteiger partial charge in [-0.2, -0.15) is 5.10 Å². The molecule has 0 fully saturated rings. The summed E-state index contributed by atoms with van der Waals surface area (Å²) >= 11 is 5.27. The first-order valence-electron chi connectivity index (χ1n) is 8.46. The van der Waals surface area contributed by atoms with E-state index in [1.165, 1.54) is 16.9 Å². The summed E-state index contributed by atoms with van der Waals surface area (Å²) in [6.07, 6.45) is 1.80. The Bertz CT molecular complexity index is 942. The lowest BCUT2D eigenvalue weighted by molar-refractivity contribution is 0.953. The molecule has 0 spiro atoms. The number of benzene rings is 2. The van der Waals surface area contributed by atoms with E-state index < -0.39 is 0 Å². The van der Waals surface area contributed by atoms with Crippen molar-refractivity contribution in [1.29, 1.82) is 0 Å². The molecule has 0 saturated carbocycles. The zero-order chi connectivity index (χ0) is 18.5. The lowest BCUT2D eigenvalue weighted by Crippen LogP contribution is -2.23. The first-order valence-corrected chi connectivity index (χ1v) is 8.87. The zero-order valence-corrected chi connectivity index (χ0v) is 16.0. The number of aromatic nitrogens is 1. The van der Waals surface area contributed by atoms with Crippen LogP contribution < -0.4 is 10.7 Å². The maximum atomic E-state index is 5.27. The van der Waals surface area contributed by atoms with Crippen LogP contribution in [-0.2, 0) is 0 Å². The van der Waals surface area contributed by atoms with Gasteiger partial charge in [0.15, 0.2) is 5.11 Å². The third-order valence-corrected chi connectivity index (χ3v) is 4.42. The van der Waals surface area contributed by atoms with Crippen LogP contribution >= 0.6 is 12.2 Å². The predicted molar refractivity (Wildman–Crippen MR) is 113 cm³/mol. The van der Waals surface area contributed by atoms with Gasteiger partial charge >= 0.3 is 0 Å². The fourth-order valence-corrected chi connectivity index (χ4v) is 3.11. The van der Waals surface area contributed by atoms with Gasteiger partial charge in [-0.1, -0.05) is 36.4 Å². The molecule has 0 aliphatic rings. The van der Waals surface area contributed by atoms with Gasteiger partial charge < -0.3 is 9.88 Å². The fourth-order valence-electron chi connectivity index (χ4n) is 2.94. The van der Waals surface area contributed by atoms with Crippen molar-refractivity contribution in [3.63, 3.8) is 0 Å². The molecule has 26 heavy (non-hydrogen) atoms. The second kappa shape index (κ2) is 7.97. The summed E-state index contributed by atoms with van der Waals surface area (Å²) in [5, 5.41) is 7.83. The average molecular weight is 363 g/mol. The smallest absolute Gasteiger partial charge is 0.191 e. The van der Waals surface area contributed by atoms with E-state index in [1.54, 1.807) is 6.21 Å². The minimum Gasteiger partial charge on any atom is -0.331 e. The van der Waals surface area contributed by atoms with Crippen molar-refractivity contribution in [2.75, 3.05) is 5.32 Å². The van der Waals surface area contributed by atoms with E-state index in [9.17, 15) is 0 Å². The van der Waals surface area contributed by atoms with Crippen molar-refractivity contribution in [2.24, 2.45) is 5.10 Å². The highest BCUT2D eigenvalue weighted by Gasteiger charge is 2.10. The van der Waals surface area contributed by atoms with Crippen molar-refractivity contribution in [2.45, 2.75) is 20.8 Å². The van der Waals surface area contributed by atoms with E-state index in [0.29, 0.717) is 5.11 Å². The van der Waals surface area contributed by atoms with Gasteiger partial charge in [0.1, 0.15) is 0 Å². The van der Waals surface area contributed by atoms with Gasteiger partial charge in [-0.05, 0) is 62.8 Å². The number of hydrazone groups is 1. The summed E-state index contributed by atoms with van der Waals surface area (Å²) in [7, 11) is 0. The molecule has 0 saturated heterocycles. The molecule has 0 aliphatic heterocycles. The largest absolute Gasteiger partial charge is 0.331 e. The Labute approximate surface area is 159 Å². The topological polar surface area (TPSA) is 41.4 Å². The third-order valence-electron chi connectivity index (χ3n) is 4.23. The fraction of sp³-hybridized carbons (Fsp3) is 0.143. The quantitative estimate of drug-likeness (QED) is 0.401. The van der Waals surface area contributed by atoms with Crippen LogP contribution in [0.5, 0.6) is 0 Å². The van der Waals surface area contributed by atoms with E-state index in [2.05, 4.69) is 71.5 Å². The molecule has 0 radical (unpaired) electrons. The molecule has 3 rings (SSSR count). The van der Waals surface area contributed by atoms with Crippen molar-refractivity contribution < 1.29 is 0 Å². The summed E-state index contributed by atoms with van der Waals surface area (Å²) in [5.74, 6) is 0. The number of para-hydroxylation sites is 2. The Morgan fingerprint density at radius 1 is 1.00 bits per heavy atom. The second-order valence-electron chi connectivity index (χ2n) is 6.14. The van der Waals surface area contributed by atoms with Crippen LogP contribution in [0.4, 0.5) is 5.69 Å². The molecule has 0 amide bonds. The van der Waals surface area contributed by atoms with Gasteiger partial charge in [0, 0.05) is 28.3 Å². The molecular formula is C21H22N4S. The molecule has 2 N–H and O–H groups in total. The Hall–Kier alpha value is -2.92. The van der Waals surface area contributed by atoms with Crippen molar-refractivity contribution in [3.8, 4) is 5.69 Å². The van der Waals surface area contributed by atoms with Crippen LogP contribution in [0.1, 0.15) is 22.5 Å². The van der Waals surface area contributed by atoms with E-state index in [0.717, 1.165) is 16.9 Å². The monoisotopic (exact) mass is 362 g/mol. The highest BCUT2D eigenvalue weighted by atomic mass is 32.1. The molecule has 132 valence electrons. The number of nitrogens with zero attached hydrogens (tertiary/aromatic N) is 2. The molecule has 0 unspecified atom stereocenters. The lowest BCUT2D eigenvalue weighted by Gasteiger charge is -2.12. The van der Waals surface area contributed by atoms with E-state index in [4.69, 9.17) is 12.2 Å². The Morgan fingerprint density at radius 3 is 2.42 bits per heavy atom. The summed E-state index contributed by atoms with van der Waals surface area (Å²) in [4.78, 5) is 0. The standard InChI is InChI=1S/C21H22N4S/c1-15-9-7-8-12-20(15)25-16(2)13-18(17(25)3)14-22-24-21(26)23-19-10-5-4-6-11-19/h4-14H,1-3H3,(H2,23,24,26)/b22-14-. The Kier molecular flexibility index (Phi) is 5.49. The number of hydrogen-bond donors (Lipinski definition) is 2. The highest BCUT2D eigenvalue weighted by Crippen LogP contribution is 2.22. The van der Waals surface area contributed by atoms with Crippen LogP contribution in [0, 0.1) is 20.8 Å². The molecule has 1 aromatic heterocycles. The first-order chi connectivity index (χ1) is 12.6. The first kappa shape index (κ1) is 17.9. The molecule has 1 heterocycles. The number of anilines is 1. The number of rotatable bonds is 4. The highest BCUT2D eigenvalue weighted by molar-refractivity contribution is 7.80. The Balaban J connectivity index is 1.73. The molecule has 3 aromatic rings. The second-order valence-corrected chi connectivity index (χ2v) is 6.55. The van der Waals surface area contributed by atoms with Gasteiger partial charge in [-0.3, -0.25) is 5.43 Å². The summed E-state index contributed by atoms with van der Waals surface area (Å²) in [6, 6.07) is 20.3. The minimum atomic E-state index is 0.458. The molecule has 5 heteroatoms. The third kappa shape index (κ3) is 4.00. The Morgan fingerprint density at radius 2 is 1.69 bits per heavy atom. The van der Waals surface area contributed by atoms with Gasteiger partial charge in [0.25, 0.3) is 0 Å². The van der Waals surface area contributed by atoms with Gasteiger partial charge in [-0.15, -0.1) is 0 Å². The van der Waals surface area contributed by atoms with Gasteiger partial charge in [-0.25, -0.2) is 0 Å². The summed E-state index contributed by atoms with van der Waals surface area (Å²) < 4.78 is 2.25. The molecule has 0 bridgehead atoms. The summed E-state index contributed by atoms with van der Waals surface area (Å²) in [6.45, 7) is 6.32. The molecular weight excluding hydrogens is 340 g/mol. The lowest BCUT2D eigenvalue weighted by atomic mass is 10.2. The van der Waals surface area contributed by atoms with Gasteiger partial charge in [0.05, 0.1) is 6.21 Å². The average Bonchev–Trinajstić information content (AvgIpc) is 2.90. The SMILES string of the molecule is Cc1ccccc1-n1c(C)cc(/C=N\NC(=S)Nc2ccccc2)c1C. The van der Waals surface area contributed by atoms with E-state index in [1.807, 2.05) is 30.3 Å². The predicted octanol–water partition coefficient (Wildman–Crippen LogP) is 4.72. The summed E-state index contributed by atoms with van der Waals surface area (Å²) in [5.41, 5.74) is 9.60. The number of aryl methyl sites for hydroxylation is 2. The minimum absolute atomic E-state index is 0.458. The van der Waals surface area contributed by atoms with E-state index in [-0.39, 0.29) is 0 Å². The molecule has 4 nitrogen and oxygen atoms in total. The zero-order valence-electron chi connectivity index (χ0n) is 15.2. The normalized spacial score (nSPS) is 10.9. The van der Waals surface area contributed by atoms with Crippen LogP contribution in [-0.4, -0.2) is 15.9 Å². The van der Waals surface area contributed by atoms with E-state index >= 15 is 0 Å². The molecule has 2 aromatic carbocycles. The van der Waals surface area contributed by atoms with Crippen molar-refractivity contribution in [1.82, 2.24) is 9.99 Å². The van der Waals surface area contributed by atoms with Crippen LogP contribution in [0.15, 0.2) is 65.8 Å². The number of thiocarbonyl (C=S) groups is 1. The number of nitrogens with one attached hydrogen (secondary N) is 2. The van der Waals surface area contributed by atoms with Crippen molar-refractivity contribution in [3.05, 3.63) is 83.2 Å². The van der Waals surface area contributed by atoms with Gasteiger partial charge in [0.2, 0.25) is 0 Å². The van der Waals surface area contributed by atoms with Crippen LogP contribution in [0.25, 0.3) is 5.69 Å².